The zero-order chi connectivity index (χ0) is 14.0. The Morgan fingerprint density at radius 1 is 1.35 bits per heavy atom. The van der Waals surface area contributed by atoms with E-state index < -0.39 is 0 Å². The van der Waals surface area contributed by atoms with Gasteiger partial charge in [0.15, 0.2) is 0 Å². The number of piperidine rings is 1. The molecule has 1 amide bonds. The molecule has 1 aromatic carbocycles. The smallest absolute Gasteiger partial charge is 0.245 e. The number of ether oxygens (including phenoxy) is 1. The van der Waals surface area contributed by atoms with Gasteiger partial charge in [-0.05, 0) is 12.1 Å². The minimum absolute atomic E-state index is 0.0156. The van der Waals surface area contributed by atoms with Crippen molar-refractivity contribution >= 4 is 5.91 Å². The zero-order valence-electron chi connectivity index (χ0n) is 11.6. The number of amides is 1. The lowest BCUT2D eigenvalue weighted by molar-refractivity contribution is -0.129. The second-order valence-electron chi connectivity index (χ2n) is 5.53. The van der Waals surface area contributed by atoms with Crippen LogP contribution in [0.4, 0.5) is 0 Å². The van der Waals surface area contributed by atoms with Crippen LogP contribution in [0.3, 0.4) is 0 Å². The number of carbonyl (C=O) groups is 1. The van der Waals surface area contributed by atoms with Crippen LogP contribution in [-0.2, 0) is 11.3 Å². The molecule has 0 aromatic heterocycles. The molecule has 0 unspecified atom stereocenters. The molecule has 2 aliphatic rings. The van der Waals surface area contributed by atoms with Crippen LogP contribution in [0.2, 0.25) is 0 Å². The van der Waals surface area contributed by atoms with Gasteiger partial charge in [-0.2, -0.15) is 0 Å². The minimum atomic E-state index is -0.190. The first-order valence-electron chi connectivity index (χ1n) is 7.11. The van der Waals surface area contributed by atoms with Gasteiger partial charge in [0.2, 0.25) is 5.91 Å². The Hall–Kier alpha value is -1.81. The van der Waals surface area contributed by atoms with Crippen LogP contribution in [0, 0.1) is 0 Å². The summed E-state index contributed by atoms with van der Waals surface area (Å²) in [6, 6.07) is 8.17. The van der Waals surface area contributed by atoms with Crippen LogP contribution >= 0.6 is 0 Å². The monoisotopic (exact) mass is 272 g/mol. The number of fused-ring (bicyclic) bond motifs is 1. The van der Waals surface area contributed by atoms with Crippen LogP contribution < -0.4 is 10.1 Å². The Labute approximate surface area is 119 Å². The van der Waals surface area contributed by atoms with Crippen molar-refractivity contribution in [1.29, 1.82) is 0 Å². The number of carbonyl (C=O) groups excluding carboxylic acids is 1. The molecule has 20 heavy (non-hydrogen) atoms. The van der Waals surface area contributed by atoms with Crippen molar-refractivity contribution in [2.24, 2.45) is 0 Å². The lowest BCUT2D eigenvalue weighted by Crippen LogP contribution is -2.53. The molecule has 0 radical (unpaired) electrons. The van der Waals surface area contributed by atoms with Crippen molar-refractivity contribution in [3.05, 3.63) is 42.5 Å². The average Bonchev–Trinajstić information content (AvgIpc) is 2.66. The van der Waals surface area contributed by atoms with Crippen LogP contribution in [0.1, 0.15) is 18.4 Å². The predicted molar refractivity (Wildman–Crippen MR) is 77.5 cm³/mol. The number of likely N-dealkylation sites (tertiary alicyclic amines) is 1. The fourth-order valence-corrected chi connectivity index (χ4v) is 2.99. The Morgan fingerprint density at radius 2 is 2.10 bits per heavy atom. The Balaban J connectivity index is 1.75. The van der Waals surface area contributed by atoms with Crippen molar-refractivity contribution in [3.63, 3.8) is 0 Å². The topological polar surface area (TPSA) is 41.6 Å². The molecule has 0 bridgehead atoms. The molecule has 1 N–H and O–H groups in total. The van der Waals surface area contributed by atoms with Crippen LogP contribution in [-0.4, -0.2) is 36.0 Å². The van der Waals surface area contributed by atoms with Gasteiger partial charge in [0.05, 0.1) is 0 Å². The molecule has 4 nitrogen and oxygen atoms in total. The van der Waals surface area contributed by atoms with Gasteiger partial charge in [0.25, 0.3) is 0 Å². The summed E-state index contributed by atoms with van der Waals surface area (Å²) >= 11 is 0. The highest BCUT2D eigenvalue weighted by atomic mass is 16.5. The van der Waals surface area contributed by atoms with E-state index in [0.717, 1.165) is 44.8 Å². The molecule has 106 valence electrons. The number of benzene rings is 1. The summed E-state index contributed by atoms with van der Waals surface area (Å²) in [5.41, 5.74) is 1.01. The van der Waals surface area contributed by atoms with Crippen molar-refractivity contribution in [3.8, 4) is 5.75 Å². The quantitative estimate of drug-likeness (QED) is 0.791. The SMILES string of the molecule is C=CC(=O)N1CCC2(CC1)CNCc1ccccc1O2. The molecular weight excluding hydrogens is 252 g/mol. The number of nitrogens with one attached hydrogen (secondary N) is 1. The predicted octanol–water partition coefficient (Wildman–Crippen LogP) is 1.72. The Morgan fingerprint density at radius 3 is 2.85 bits per heavy atom. The van der Waals surface area contributed by atoms with E-state index in [1.807, 2.05) is 23.1 Å². The zero-order valence-corrected chi connectivity index (χ0v) is 11.6. The molecule has 1 spiro atoms. The Kier molecular flexibility index (Phi) is 3.49. The summed E-state index contributed by atoms with van der Waals surface area (Å²) < 4.78 is 6.32. The highest BCUT2D eigenvalue weighted by molar-refractivity contribution is 5.87. The summed E-state index contributed by atoms with van der Waals surface area (Å²) in [5, 5.41) is 3.47. The normalized spacial score (nSPS) is 20.7. The van der Waals surface area contributed by atoms with Gasteiger partial charge < -0.3 is 15.0 Å². The number of nitrogens with zero attached hydrogens (tertiary/aromatic N) is 1. The lowest BCUT2D eigenvalue weighted by atomic mass is 9.91. The van der Waals surface area contributed by atoms with E-state index in [2.05, 4.69) is 18.0 Å². The first-order valence-corrected chi connectivity index (χ1v) is 7.11. The Bertz CT molecular complexity index is 519. The molecule has 4 heteroatoms. The largest absolute Gasteiger partial charge is 0.485 e. The summed E-state index contributed by atoms with van der Waals surface area (Å²) in [5.74, 6) is 0.989. The van der Waals surface area contributed by atoms with Crippen molar-refractivity contribution in [2.45, 2.75) is 25.0 Å². The van der Waals surface area contributed by atoms with Crippen molar-refractivity contribution in [2.75, 3.05) is 19.6 Å². The summed E-state index contributed by atoms with van der Waals surface area (Å²) in [4.78, 5) is 13.5. The third-order valence-electron chi connectivity index (χ3n) is 4.22. The summed E-state index contributed by atoms with van der Waals surface area (Å²) in [6.45, 7) is 6.68. The standard InChI is InChI=1S/C16H20N2O2/c1-2-15(19)18-9-7-16(8-10-18)12-17-11-13-5-3-4-6-14(13)20-16/h2-6,17H,1,7-12H2. The van der Waals surface area contributed by atoms with E-state index in [-0.39, 0.29) is 11.5 Å². The fraction of sp³-hybridized carbons (Fsp3) is 0.438. The van der Waals surface area contributed by atoms with Crippen LogP contribution in [0.5, 0.6) is 5.75 Å². The van der Waals surface area contributed by atoms with Crippen molar-refractivity contribution in [1.82, 2.24) is 10.2 Å². The van der Waals surface area contributed by atoms with Gasteiger partial charge >= 0.3 is 0 Å². The molecule has 2 heterocycles. The van der Waals surface area contributed by atoms with Gasteiger partial charge in [-0.25, -0.2) is 0 Å². The second-order valence-corrected chi connectivity index (χ2v) is 5.53. The van der Waals surface area contributed by atoms with Gasteiger partial charge in [0, 0.05) is 44.6 Å². The third-order valence-corrected chi connectivity index (χ3v) is 4.22. The number of hydrogen-bond acceptors (Lipinski definition) is 3. The molecule has 1 aromatic rings. The summed E-state index contributed by atoms with van der Waals surface area (Å²) in [6.07, 6.45) is 3.10. The van der Waals surface area contributed by atoms with Crippen molar-refractivity contribution < 1.29 is 9.53 Å². The van der Waals surface area contributed by atoms with Gasteiger partial charge in [-0.15, -0.1) is 0 Å². The highest BCUT2D eigenvalue weighted by Crippen LogP contribution is 2.32. The molecule has 0 aliphatic carbocycles. The second kappa shape index (κ2) is 5.29. The maximum Gasteiger partial charge on any atom is 0.245 e. The molecule has 3 rings (SSSR count). The third kappa shape index (κ3) is 2.43. The van der Waals surface area contributed by atoms with Gasteiger partial charge in [-0.1, -0.05) is 24.8 Å². The van der Waals surface area contributed by atoms with E-state index in [9.17, 15) is 4.79 Å². The molecule has 1 fully saturated rings. The number of para-hydroxylation sites is 1. The molecule has 1 saturated heterocycles. The van der Waals surface area contributed by atoms with E-state index in [0.29, 0.717) is 0 Å². The molecule has 2 aliphatic heterocycles. The first kappa shape index (κ1) is 13.2. The van der Waals surface area contributed by atoms with E-state index in [1.54, 1.807) is 0 Å². The van der Waals surface area contributed by atoms with Gasteiger partial charge in [-0.3, -0.25) is 4.79 Å². The first-order chi connectivity index (χ1) is 9.72. The highest BCUT2D eigenvalue weighted by Gasteiger charge is 2.38. The minimum Gasteiger partial charge on any atom is -0.485 e. The lowest BCUT2D eigenvalue weighted by Gasteiger charge is -2.41. The maximum absolute atomic E-state index is 11.7. The van der Waals surface area contributed by atoms with Crippen LogP contribution in [0.25, 0.3) is 0 Å². The molecular formula is C16H20N2O2. The molecule has 0 atom stereocenters. The maximum atomic E-state index is 11.7. The summed E-state index contributed by atoms with van der Waals surface area (Å²) in [7, 11) is 0. The molecule has 0 saturated carbocycles. The number of hydrogen-bond donors (Lipinski definition) is 1. The number of rotatable bonds is 1. The van der Waals surface area contributed by atoms with Gasteiger partial charge in [0.1, 0.15) is 11.4 Å². The average molecular weight is 272 g/mol. The van der Waals surface area contributed by atoms with E-state index >= 15 is 0 Å². The van der Waals surface area contributed by atoms with E-state index in [1.165, 1.54) is 11.6 Å². The van der Waals surface area contributed by atoms with E-state index in [4.69, 9.17) is 4.74 Å². The fourth-order valence-electron chi connectivity index (χ4n) is 2.99. The van der Waals surface area contributed by atoms with Crippen LogP contribution in [0.15, 0.2) is 36.9 Å².